The van der Waals surface area contributed by atoms with Crippen LogP contribution in [0.5, 0.6) is 0 Å². The minimum absolute atomic E-state index is 0.175. The predicted molar refractivity (Wildman–Crippen MR) is 70.6 cm³/mol. The summed E-state index contributed by atoms with van der Waals surface area (Å²) in [6.07, 6.45) is 8.59. The van der Waals surface area contributed by atoms with Crippen molar-refractivity contribution in [1.82, 2.24) is 9.78 Å². The maximum absolute atomic E-state index is 6.50. The average molecular weight is 235 g/mol. The monoisotopic (exact) mass is 235 g/mol. The summed E-state index contributed by atoms with van der Waals surface area (Å²) in [6, 6.07) is 0.175. The van der Waals surface area contributed by atoms with E-state index >= 15 is 0 Å². The summed E-state index contributed by atoms with van der Waals surface area (Å²) < 4.78 is 1.93. The highest BCUT2D eigenvalue weighted by molar-refractivity contribution is 5.21. The molecule has 0 amide bonds. The molecule has 1 fully saturated rings. The molecule has 1 aromatic rings. The number of nitrogens with zero attached hydrogens (tertiary/aromatic N) is 2. The van der Waals surface area contributed by atoms with Gasteiger partial charge in [0.15, 0.2) is 0 Å². The second kappa shape index (κ2) is 5.21. The van der Waals surface area contributed by atoms with Crippen LogP contribution in [0.15, 0.2) is 6.20 Å². The molecule has 96 valence electrons. The number of hydrogen-bond donors (Lipinski definition) is 1. The minimum Gasteiger partial charge on any atom is -0.324 e. The van der Waals surface area contributed by atoms with Gasteiger partial charge in [-0.1, -0.05) is 32.6 Å². The zero-order valence-corrected chi connectivity index (χ0v) is 11.3. The van der Waals surface area contributed by atoms with Gasteiger partial charge in [-0.3, -0.25) is 4.68 Å². The molecule has 2 N–H and O–H groups in total. The summed E-state index contributed by atoms with van der Waals surface area (Å²) in [7, 11) is 1.99. The van der Waals surface area contributed by atoms with Gasteiger partial charge in [-0.05, 0) is 25.2 Å². The second-order valence-corrected chi connectivity index (χ2v) is 5.45. The molecule has 3 unspecified atom stereocenters. The first-order valence-corrected chi connectivity index (χ1v) is 6.89. The van der Waals surface area contributed by atoms with Crippen LogP contribution < -0.4 is 5.73 Å². The zero-order valence-electron chi connectivity index (χ0n) is 11.3. The Hall–Kier alpha value is -0.830. The summed E-state index contributed by atoms with van der Waals surface area (Å²) >= 11 is 0. The smallest absolute Gasteiger partial charge is 0.0540 e. The van der Waals surface area contributed by atoms with Gasteiger partial charge in [-0.15, -0.1) is 0 Å². The van der Waals surface area contributed by atoms with Gasteiger partial charge in [0.25, 0.3) is 0 Å². The molecule has 0 spiro atoms. The Morgan fingerprint density at radius 2 is 2.18 bits per heavy atom. The lowest BCUT2D eigenvalue weighted by Crippen LogP contribution is -2.30. The van der Waals surface area contributed by atoms with E-state index in [0.717, 1.165) is 5.92 Å². The quantitative estimate of drug-likeness (QED) is 0.875. The van der Waals surface area contributed by atoms with Crippen LogP contribution in [0.1, 0.15) is 56.3 Å². The van der Waals surface area contributed by atoms with Crippen molar-refractivity contribution in [1.29, 1.82) is 0 Å². The van der Waals surface area contributed by atoms with Crippen molar-refractivity contribution >= 4 is 0 Å². The van der Waals surface area contributed by atoms with Gasteiger partial charge in [0.1, 0.15) is 0 Å². The fourth-order valence-corrected chi connectivity index (χ4v) is 3.29. The number of aromatic nitrogens is 2. The first kappa shape index (κ1) is 12.6. The highest BCUT2D eigenvalue weighted by Crippen LogP contribution is 2.39. The van der Waals surface area contributed by atoms with Crippen molar-refractivity contribution < 1.29 is 0 Å². The van der Waals surface area contributed by atoms with Crippen LogP contribution >= 0.6 is 0 Å². The van der Waals surface area contributed by atoms with Gasteiger partial charge >= 0.3 is 0 Å². The standard InChI is InChI=1S/C14H25N3/c1-4-11-7-5-6-8-12(11)14(15)13-9-16-17(3)10(13)2/h9,11-12,14H,4-8,15H2,1-3H3. The maximum Gasteiger partial charge on any atom is 0.0540 e. The van der Waals surface area contributed by atoms with E-state index in [1.54, 1.807) is 0 Å². The lowest BCUT2D eigenvalue weighted by atomic mass is 9.73. The summed E-state index contributed by atoms with van der Waals surface area (Å²) in [4.78, 5) is 0. The van der Waals surface area contributed by atoms with Crippen molar-refractivity contribution in [2.45, 2.75) is 52.0 Å². The lowest BCUT2D eigenvalue weighted by Gasteiger charge is -2.35. The highest BCUT2D eigenvalue weighted by atomic mass is 15.3. The Kier molecular flexibility index (Phi) is 3.87. The Morgan fingerprint density at radius 1 is 1.47 bits per heavy atom. The number of aryl methyl sites for hydroxylation is 1. The Bertz CT molecular complexity index is 370. The van der Waals surface area contributed by atoms with Gasteiger partial charge in [-0.25, -0.2) is 0 Å². The summed E-state index contributed by atoms with van der Waals surface area (Å²) in [5.41, 5.74) is 8.96. The van der Waals surface area contributed by atoms with E-state index in [4.69, 9.17) is 5.73 Å². The first-order chi connectivity index (χ1) is 8.15. The van der Waals surface area contributed by atoms with Crippen LogP contribution in [-0.4, -0.2) is 9.78 Å². The highest BCUT2D eigenvalue weighted by Gasteiger charge is 2.30. The molecule has 1 aromatic heterocycles. The van der Waals surface area contributed by atoms with Crippen molar-refractivity contribution in [2.24, 2.45) is 24.6 Å². The largest absolute Gasteiger partial charge is 0.324 e. The van der Waals surface area contributed by atoms with Crippen LogP contribution in [0.4, 0.5) is 0 Å². The molecule has 3 atom stereocenters. The molecule has 1 heterocycles. The SMILES string of the molecule is CCC1CCCCC1C(N)c1cnn(C)c1C. The number of nitrogens with two attached hydrogens (primary N) is 1. The van der Waals surface area contributed by atoms with E-state index in [1.165, 1.54) is 43.4 Å². The summed E-state index contributed by atoms with van der Waals surface area (Å²) in [5.74, 6) is 1.45. The van der Waals surface area contributed by atoms with Crippen LogP contribution in [0.3, 0.4) is 0 Å². The van der Waals surface area contributed by atoms with E-state index in [-0.39, 0.29) is 6.04 Å². The third-order valence-corrected chi connectivity index (χ3v) is 4.59. The van der Waals surface area contributed by atoms with Crippen LogP contribution in [0.25, 0.3) is 0 Å². The Labute approximate surface area is 104 Å². The van der Waals surface area contributed by atoms with E-state index in [9.17, 15) is 0 Å². The van der Waals surface area contributed by atoms with Gasteiger partial charge in [-0.2, -0.15) is 5.10 Å². The zero-order chi connectivity index (χ0) is 12.4. The molecule has 17 heavy (non-hydrogen) atoms. The van der Waals surface area contributed by atoms with Crippen molar-refractivity contribution in [2.75, 3.05) is 0 Å². The van der Waals surface area contributed by atoms with E-state index in [1.807, 2.05) is 17.9 Å². The maximum atomic E-state index is 6.50. The second-order valence-electron chi connectivity index (χ2n) is 5.45. The Balaban J connectivity index is 2.18. The normalized spacial score (nSPS) is 27.1. The van der Waals surface area contributed by atoms with Crippen LogP contribution in [-0.2, 0) is 7.05 Å². The summed E-state index contributed by atoms with van der Waals surface area (Å²) in [5, 5.41) is 4.32. The number of hydrogen-bond acceptors (Lipinski definition) is 2. The topological polar surface area (TPSA) is 43.8 Å². The Morgan fingerprint density at radius 3 is 2.76 bits per heavy atom. The third kappa shape index (κ3) is 2.39. The van der Waals surface area contributed by atoms with Crippen LogP contribution in [0.2, 0.25) is 0 Å². The molecule has 1 aliphatic rings. The van der Waals surface area contributed by atoms with Gasteiger partial charge < -0.3 is 5.73 Å². The number of rotatable bonds is 3. The van der Waals surface area contributed by atoms with Crippen molar-refractivity contribution in [3.05, 3.63) is 17.5 Å². The molecule has 0 saturated heterocycles. The molecule has 0 bridgehead atoms. The van der Waals surface area contributed by atoms with E-state index in [0.29, 0.717) is 5.92 Å². The van der Waals surface area contributed by atoms with Gasteiger partial charge in [0.05, 0.1) is 6.20 Å². The third-order valence-electron chi connectivity index (χ3n) is 4.59. The molecule has 0 radical (unpaired) electrons. The average Bonchev–Trinajstić information content (AvgIpc) is 2.69. The van der Waals surface area contributed by atoms with Crippen molar-refractivity contribution in [3.63, 3.8) is 0 Å². The molecule has 0 aromatic carbocycles. The fraction of sp³-hybridized carbons (Fsp3) is 0.786. The van der Waals surface area contributed by atoms with Gasteiger partial charge in [0, 0.05) is 24.3 Å². The molecule has 3 heteroatoms. The molecule has 2 rings (SSSR count). The lowest BCUT2D eigenvalue weighted by molar-refractivity contribution is 0.196. The molecule has 3 nitrogen and oxygen atoms in total. The van der Waals surface area contributed by atoms with Crippen LogP contribution in [0, 0.1) is 18.8 Å². The fourth-order valence-electron chi connectivity index (χ4n) is 3.29. The van der Waals surface area contributed by atoms with Gasteiger partial charge in [0.2, 0.25) is 0 Å². The summed E-state index contributed by atoms with van der Waals surface area (Å²) in [6.45, 7) is 4.41. The molecule has 0 aliphatic heterocycles. The molecule has 1 aliphatic carbocycles. The molecular formula is C14H25N3. The molecule has 1 saturated carbocycles. The predicted octanol–water partition coefficient (Wildman–Crippen LogP) is 2.94. The van der Waals surface area contributed by atoms with E-state index in [2.05, 4.69) is 18.9 Å². The molecular weight excluding hydrogens is 210 g/mol. The minimum atomic E-state index is 0.175. The van der Waals surface area contributed by atoms with E-state index < -0.39 is 0 Å². The first-order valence-electron chi connectivity index (χ1n) is 6.89. The van der Waals surface area contributed by atoms with Crippen molar-refractivity contribution in [3.8, 4) is 0 Å².